The van der Waals surface area contributed by atoms with Gasteiger partial charge in [0.25, 0.3) is 0 Å². The van der Waals surface area contributed by atoms with Gasteiger partial charge < -0.3 is 4.90 Å². The van der Waals surface area contributed by atoms with Gasteiger partial charge in [0.05, 0.1) is 0 Å². The first kappa shape index (κ1) is 9.05. The molecule has 1 nitrogen and oxygen atoms in total. The van der Waals surface area contributed by atoms with E-state index in [0.717, 1.165) is 5.92 Å². The topological polar surface area (TPSA) is 3.24 Å². The first-order valence-corrected chi connectivity index (χ1v) is 4.71. The molecule has 0 aromatic heterocycles. The van der Waals surface area contributed by atoms with Crippen LogP contribution in [0.1, 0.15) is 40.0 Å². The van der Waals surface area contributed by atoms with Crippen LogP contribution in [0, 0.1) is 5.92 Å². The zero-order valence-electron chi connectivity index (χ0n) is 8.35. The standard InChI is InChI=1S/C10H21N/c1-10(2,3)11(4)8-9-6-5-7-9/h9H,5-8H2,1-4H3. The highest BCUT2D eigenvalue weighted by Gasteiger charge is 2.24. The van der Waals surface area contributed by atoms with Gasteiger partial charge in [-0.2, -0.15) is 0 Å². The number of nitrogens with zero attached hydrogens (tertiary/aromatic N) is 1. The van der Waals surface area contributed by atoms with Crippen molar-refractivity contribution in [2.45, 2.75) is 45.6 Å². The summed E-state index contributed by atoms with van der Waals surface area (Å²) in [6.07, 6.45) is 4.38. The molecule has 66 valence electrons. The molecule has 1 aliphatic carbocycles. The lowest BCUT2D eigenvalue weighted by atomic mass is 9.84. The molecular formula is C10H21N. The van der Waals surface area contributed by atoms with E-state index in [1.165, 1.54) is 25.8 Å². The molecule has 1 saturated carbocycles. The van der Waals surface area contributed by atoms with Gasteiger partial charge in [-0.05, 0) is 46.6 Å². The van der Waals surface area contributed by atoms with Crippen LogP contribution < -0.4 is 0 Å². The van der Waals surface area contributed by atoms with Crippen molar-refractivity contribution in [2.75, 3.05) is 13.6 Å². The molecule has 1 rings (SSSR count). The van der Waals surface area contributed by atoms with E-state index in [1.54, 1.807) is 0 Å². The number of hydrogen-bond donors (Lipinski definition) is 0. The van der Waals surface area contributed by atoms with Crippen LogP contribution in [0.3, 0.4) is 0 Å². The molecule has 0 aromatic carbocycles. The van der Waals surface area contributed by atoms with E-state index in [-0.39, 0.29) is 0 Å². The van der Waals surface area contributed by atoms with E-state index in [0.29, 0.717) is 5.54 Å². The molecule has 0 radical (unpaired) electrons. The molecule has 1 fully saturated rings. The van der Waals surface area contributed by atoms with Crippen molar-refractivity contribution >= 4 is 0 Å². The maximum Gasteiger partial charge on any atom is 0.0122 e. The summed E-state index contributed by atoms with van der Waals surface area (Å²) >= 11 is 0. The SMILES string of the molecule is CN(CC1CCC1)C(C)(C)C. The first-order valence-electron chi connectivity index (χ1n) is 4.71. The average molecular weight is 155 g/mol. The summed E-state index contributed by atoms with van der Waals surface area (Å²) < 4.78 is 0. The van der Waals surface area contributed by atoms with Crippen molar-refractivity contribution in [1.82, 2.24) is 4.90 Å². The Kier molecular flexibility index (Phi) is 2.58. The van der Waals surface area contributed by atoms with Crippen molar-refractivity contribution in [3.05, 3.63) is 0 Å². The first-order chi connectivity index (χ1) is 5.00. The minimum absolute atomic E-state index is 0.357. The molecule has 0 aliphatic heterocycles. The second kappa shape index (κ2) is 3.14. The van der Waals surface area contributed by atoms with Crippen molar-refractivity contribution < 1.29 is 0 Å². The minimum atomic E-state index is 0.357. The molecule has 0 aromatic rings. The predicted molar refractivity (Wildman–Crippen MR) is 49.7 cm³/mol. The van der Waals surface area contributed by atoms with Crippen molar-refractivity contribution in [1.29, 1.82) is 0 Å². The van der Waals surface area contributed by atoms with E-state index in [9.17, 15) is 0 Å². The molecule has 11 heavy (non-hydrogen) atoms. The van der Waals surface area contributed by atoms with E-state index in [4.69, 9.17) is 0 Å². The molecule has 0 bridgehead atoms. The predicted octanol–water partition coefficient (Wildman–Crippen LogP) is 2.52. The number of hydrogen-bond acceptors (Lipinski definition) is 1. The highest BCUT2D eigenvalue weighted by molar-refractivity contribution is 4.79. The molecule has 0 spiro atoms. The lowest BCUT2D eigenvalue weighted by Gasteiger charge is -2.37. The van der Waals surface area contributed by atoms with Crippen LogP contribution in [0.2, 0.25) is 0 Å². The second-order valence-corrected chi connectivity index (χ2v) is 4.85. The monoisotopic (exact) mass is 155 g/mol. The van der Waals surface area contributed by atoms with Crippen molar-refractivity contribution in [2.24, 2.45) is 5.92 Å². The van der Waals surface area contributed by atoms with Gasteiger partial charge in [0.1, 0.15) is 0 Å². The lowest BCUT2D eigenvalue weighted by molar-refractivity contribution is 0.119. The maximum absolute atomic E-state index is 2.47. The van der Waals surface area contributed by atoms with Crippen LogP contribution in [0.5, 0.6) is 0 Å². The molecule has 1 heteroatoms. The summed E-state index contributed by atoms with van der Waals surface area (Å²) in [5.74, 6) is 0.999. The summed E-state index contributed by atoms with van der Waals surface area (Å²) in [7, 11) is 2.23. The molecule has 0 unspecified atom stereocenters. The van der Waals surface area contributed by atoms with Gasteiger partial charge in [0.15, 0.2) is 0 Å². The van der Waals surface area contributed by atoms with Gasteiger partial charge in [-0.15, -0.1) is 0 Å². The fraction of sp³-hybridized carbons (Fsp3) is 1.00. The Bertz CT molecular complexity index is 119. The molecule has 0 heterocycles. The second-order valence-electron chi connectivity index (χ2n) is 4.85. The van der Waals surface area contributed by atoms with Crippen LogP contribution in [-0.2, 0) is 0 Å². The Morgan fingerprint density at radius 2 is 1.82 bits per heavy atom. The zero-order valence-corrected chi connectivity index (χ0v) is 8.35. The van der Waals surface area contributed by atoms with Gasteiger partial charge >= 0.3 is 0 Å². The van der Waals surface area contributed by atoms with Gasteiger partial charge in [0.2, 0.25) is 0 Å². The highest BCUT2D eigenvalue weighted by atomic mass is 15.2. The van der Waals surface area contributed by atoms with Gasteiger partial charge in [0, 0.05) is 12.1 Å². The van der Waals surface area contributed by atoms with Crippen molar-refractivity contribution in [3.8, 4) is 0 Å². The molecule has 0 amide bonds. The highest BCUT2D eigenvalue weighted by Crippen LogP contribution is 2.28. The van der Waals surface area contributed by atoms with Gasteiger partial charge in [-0.3, -0.25) is 0 Å². The summed E-state index contributed by atoms with van der Waals surface area (Å²) in [6.45, 7) is 8.15. The van der Waals surface area contributed by atoms with E-state index < -0.39 is 0 Å². The summed E-state index contributed by atoms with van der Waals surface area (Å²) in [4.78, 5) is 2.47. The van der Waals surface area contributed by atoms with Crippen molar-refractivity contribution in [3.63, 3.8) is 0 Å². The fourth-order valence-corrected chi connectivity index (χ4v) is 1.34. The Balaban J connectivity index is 2.24. The summed E-state index contributed by atoms with van der Waals surface area (Å²) in [5, 5.41) is 0. The third kappa shape index (κ3) is 2.48. The number of rotatable bonds is 2. The Labute approximate surface area is 70.8 Å². The Morgan fingerprint density at radius 1 is 1.27 bits per heavy atom. The lowest BCUT2D eigenvalue weighted by Crippen LogP contribution is -2.42. The van der Waals surface area contributed by atoms with Crippen LogP contribution >= 0.6 is 0 Å². The normalized spacial score (nSPS) is 20.5. The third-order valence-corrected chi connectivity index (χ3v) is 2.90. The van der Waals surface area contributed by atoms with Crippen LogP contribution in [0.4, 0.5) is 0 Å². The zero-order chi connectivity index (χ0) is 8.48. The fourth-order valence-electron chi connectivity index (χ4n) is 1.34. The molecule has 0 N–H and O–H groups in total. The molecular weight excluding hydrogens is 134 g/mol. The van der Waals surface area contributed by atoms with Gasteiger partial charge in [-0.25, -0.2) is 0 Å². The van der Waals surface area contributed by atoms with E-state index in [2.05, 4.69) is 32.7 Å². The third-order valence-electron chi connectivity index (χ3n) is 2.90. The average Bonchev–Trinajstić information content (AvgIpc) is 1.75. The Morgan fingerprint density at radius 3 is 2.09 bits per heavy atom. The Hall–Kier alpha value is -0.0400. The van der Waals surface area contributed by atoms with E-state index >= 15 is 0 Å². The van der Waals surface area contributed by atoms with Crippen LogP contribution in [0.15, 0.2) is 0 Å². The summed E-state index contributed by atoms with van der Waals surface area (Å²) in [6, 6.07) is 0. The largest absolute Gasteiger partial charge is 0.301 e. The summed E-state index contributed by atoms with van der Waals surface area (Å²) in [5.41, 5.74) is 0.357. The van der Waals surface area contributed by atoms with Crippen LogP contribution in [0.25, 0.3) is 0 Å². The van der Waals surface area contributed by atoms with Gasteiger partial charge in [-0.1, -0.05) is 6.42 Å². The van der Waals surface area contributed by atoms with E-state index in [1.807, 2.05) is 0 Å². The minimum Gasteiger partial charge on any atom is -0.301 e. The quantitative estimate of drug-likeness (QED) is 0.592. The van der Waals surface area contributed by atoms with Crippen LogP contribution in [-0.4, -0.2) is 24.0 Å². The smallest absolute Gasteiger partial charge is 0.0122 e. The molecule has 0 saturated heterocycles. The molecule has 1 aliphatic rings. The maximum atomic E-state index is 2.47. The molecule has 0 atom stereocenters.